The maximum atomic E-state index is 2.41. The molecule has 0 bridgehead atoms. The molecule has 0 aliphatic rings. The Morgan fingerprint density at radius 1 is 0.203 bits per heavy atom. The van der Waals surface area contributed by atoms with Gasteiger partial charge in [-0.2, -0.15) is 0 Å². The van der Waals surface area contributed by atoms with E-state index in [0.717, 1.165) is 11.4 Å². The van der Waals surface area contributed by atoms with Crippen LogP contribution in [0.3, 0.4) is 0 Å². The molecule has 0 aliphatic heterocycles. The fourth-order valence-corrected chi connectivity index (χ4v) is 15.9. The van der Waals surface area contributed by atoms with Gasteiger partial charge in [0, 0.05) is 32.9 Å². The van der Waals surface area contributed by atoms with Crippen LogP contribution in [0.1, 0.15) is 0 Å². The molecule has 0 unspecified atom stereocenters. The second kappa shape index (κ2) is 16.8. The third-order valence-corrected chi connectivity index (χ3v) is 19.0. The van der Waals surface area contributed by atoms with Gasteiger partial charge in [-0.05, 0) is 127 Å². The first kappa shape index (κ1) is 40.5. The van der Waals surface area contributed by atoms with Crippen LogP contribution in [0.5, 0.6) is 0 Å². The lowest BCUT2D eigenvalue weighted by Gasteiger charge is -2.34. The van der Waals surface area contributed by atoms with Crippen LogP contribution in [0.2, 0.25) is 0 Å². The van der Waals surface area contributed by atoms with E-state index in [9.17, 15) is 0 Å². The number of aromatic nitrogens is 2. The summed E-state index contributed by atoms with van der Waals surface area (Å²) in [5.74, 6) is 0. The molecule has 0 fully saturated rings. The number of nitrogens with zero attached hydrogens (tertiary/aromatic N) is 2. The molecule has 0 saturated heterocycles. The summed E-state index contributed by atoms with van der Waals surface area (Å²) in [6, 6.07) is 103. The Morgan fingerprint density at radius 3 is 1.07 bits per heavy atom. The van der Waals surface area contributed by atoms with Gasteiger partial charge < -0.3 is 9.13 Å². The second-order valence-corrected chi connectivity index (χ2v) is 21.9. The highest BCUT2D eigenvalue weighted by Crippen LogP contribution is 2.40. The molecule has 324 valence electrons. The molecule has 0 N–H and O–H groups in total. The molecule has 11 aromatic carbocycles. The molecular formula is C66H46N2Si. The van der Waals surface area contributed by atoms with Gasteiger partial charge in [0.15, 0.2) is 8.07 Å². The first-order chi connectivity index (χ1) is 34.2. The maximum Gasteiger partial charge on any atom is 0.179 e. The fourth-order valence-electron chi connectivity index (χ4n) is 11.1. The van der Waals surface area contributed by atoms with E-state index in [2.05, 4.69) is 288 Å². The molecule has 0 atom stereocenters. The molecule has 2 nitrogen and oxygen atoms in total. The fraction of sp³-hybridized carbons (Fsp3) is 0. The minimum absolute atomic E-state index is 1.15. The summed E-state index contributed by atoms with van der Waals surface area (Å²) in [5, 5.41) is 10.4. The van der Waals surface area contributed by atoms with Gasteiger partial charge in [-0.1, -0.05) is 206 Å². The molecule has 0 saturated carbocycles. The van der Waals surface area contributed by atoms with Crippen LogP contribution >= 0.6 is 0 Å². The zero-order valence-corrected chi connectivity index (χ0v) is 39.0. The standard InChI is InChI=1S/C66H46N2Si/c1-6-20-53(21-7-1)67-64-33-19-17-31-60(64)62-45-48(37-41-65(62)67)51-42-50(43-52(44-51)49-36-40-61-59-30-16-18-32-63(59)68(66(61)46-49)54-22-8-2-9-23-54)47-34-38-58(39-35-47)69(55-24-10-3-11-25-55,56-26-12-4-13-27-56)57-28-14-5-15-29-57/h1-46H. The quantitative estimate of drug-likeness (QED) is 0.101. The van der Waals surface area contributed by atoms with Crippen LogP contribution in [-0.2, 0) is 0 Å². The molecule has 13 rings (SSSR count). The van der Waals surface area contributed by atoms with Crippen molar-refractivity contribution >= 4 is 72.4 Å². The lowest BCUT2D eigenvalue weighted by Crippen LogP contribution is -2.74. The Bertz CT molecular complexity index is 3870. The Morgan fingerprint density at radius 2 is 0.551 bits per heavy atom. The summed E-state index contributed by atoms with van der Waals surface area (Å²) in [6.07, 6.45) is 0. The van der Waals surface area contributed by atoms with Crippen LogP contribution < -0.4 is 20.7 Å². The van der Waals surface area contributed by atoms with Gasteiger partial charge in [0.05, 0.1) is 22.1 Å². The summed E-state index contributed by atoms with van der Waals surface area (Å²) in [7, 11) is -2.70. The number of hydrogen-bond donors (Lipinski definition) is 0. The zero-order valence-electron chi connectivity index (χ0n) is 38.0. The number of para-hydroxylation sites is 4. The van der Waals surface area contributed by atoms with Crippen LogP contribution in [-0.4, -0.2) is 17.2 Å². The van der Waals surface area contributed by atoms with Gasteiger partial charge in [0.2, 0.25) is 0 Å². The monoisotopic (exact) mass is 894 g/mol. The van der Waals surface area contributed by atoms with Crippen molar-refractivity contribution in [3.8, 4) is 44.8 Å². The number of benzene rings is 11. The number of fused-ring (bicyclic) bond motifs is 6. The SMILES string of the molecule is c1ccc(-n2c3ccccc3c3cc(-c4cc(-c5ccc([Si](c6ccccc6)(c6ccccc6)c6ccccc6)cc5)cc(-c5ccc6c7ccccc7n(-c7ccccc7)c6c5)c4)ccc32)cc1. The Kier molecular flexibility index (Phi) is 9.88. The van der Waals surface area contributed by atoms with Crippen LogP contribution in [0.25, 0.3) is 88.4 Å². The average molecular weight is 895 g/mol. The van der Waals surface area contributed by atoms with Crippen LogP contribution in [0.4, 0.5) is 0 Å². The number of hydrogen-bond acceptors (Lipinski definition) is 0. The first-order valence-corrected chi connectivity index (χ1v) is 25.8. The molecule has 0 spiro atoms. The molecule has 2 heterocycles. The highest BCUT2D eigenvalue weighted by molar-refractivity contribution is 7.19. The third-order valence-electron chi connectivity index (χ3n) is 14.2. The average Bonchev–Trinajstić information content (AvgIpc) is 3.95. The minimum Gasteiger partial charge on any atom is -0.309 e. The van der Waals surface area contributed by atoms with Gasteiger partial charge in [-0.3, -0.25) is 0 Å². The van der Waals surface area contributed by atoms with Crippen molar-refractivity contribution in [3.63, 3.8) is 0 Å². The summed E-state index contributed by atoms with van der Waals surface area (Å²) in [6.45, 7) is 0. The van der Waals surface area contributed by atoms with Gasteiger partial charge in [0.25, 0.3) is 0 Å². The van der Waals surface area contributed by atoms with E-state index in [0.29, 0.717) is 0 Å². The predicted molar refractivity (Wildman–Crippen MR) is 295 cm³/mol. The minimum atomic E-state index is -2.70. The normalized spacial score (nSPS) is 11.8. The Balaban J connectivity index is 1.02. The smallest absolute Gasteiger partial charge is 0.179 e. The topological polar surface area (TPSA) is 9.86 Å². The summed E-state index contributed by atoms with van der Waals surface area (Å²) in [4.78, 5) is 0. The first-order valence-electron chi connectivity index (χ1n) is 23.8. The van der Waals surface area contributed by atoms with Crippen molar-refractivity contribution in [1.82, 2.24) is 9.13 Å². The molecule has 13 aromatic rings. The van der Waals surface area contributed by atoms with E-state index >= 15 is 0 Å². The molecule has 3 heteroatoms. The largest absolute Gasteiger partial charge is 0.309 e. The van der Waals surface area contributed by atoms with Crippen molar-refractivity contribution in [1.29, 1.82) is 0 Å². The van der Waals surface area contributed by atoms with Crippen molar-refractivity contribution in [2.45, 2.75) is 0 Å². The van der Waals surface area contributed by atoms with Crippen molar-refractivity contribution in [3.05, 3.63) is 279 Å². The van der Waals surface area contributed by atoms with E-state index in [1.54, 1.807) is 0 Å². The van der Waals surface area contributed by atoms with Gasteiger partial charge in [0.1, 0.15) is 0 Å². The second-order valence-electron chi connectivity index (χ2n) is 18.1. The summed E-state index contributed by atoms with van der Waals surface area (Å²) in [5.41, 5.74) is 14.2. The highest BCUT2D eigenvalue weighted by atomic mass is 28.3. The Labute approximate surface area is 403 Å². The van der Waals surface area contributed by atoms with Crippen molar-refractivity contribution in [2.75, 3.05) is 0 Å². The summed E-state index contributed by atoms with van der Waals surface area (Å²) >= 11 is 0. The Hall–Kier alpha value is -8.76. The molecular weight excluding hydrogens is 849 g/mol. The highest BCUT2D eigenvalue weighted by Gasteiger charge is 2.41. The van der Waals surface area contributed by atoms with Gasteiger partial charge >= 0.3 is 0 Å². The maximum absolute atomic E-state index is 2.70. The van der Waals surface area contributed by atoms with E-state index < -0.39 is 8.07 Å². The molecule has 0 aliphatic carbocycles. The van der Waals surface area contributed by atoms with Crippen LogP contribution in [0.15, 0.2) is 279 Å². The molecule has 2 aromatic heterocycles. The summed E-state index contributed by atoms with van der Waals surface area (Å²) < 4.78 is 4.80. The number of rotatable bonds is 9. The molecule has 69 heavy (non-hydrogen) atoms. The van der Waals surface area contributed by atoms with Gasteiger partial charge in [-0.25, -0.2) is 0 Å². The molecule has 0 amide bonds. The molecule has 0 radical (unpaired) electrons. The van der Waals surface area contributed by atoms with E-state index in [-0.39, 0.29) is 0 Å². The lowest BCUT2D eigenvalue weighted by molar-refractivity contribution is 1.18. The third kappa shape index (κ3) is 6.78. The van der Waals surface area contributed by atoms with E-state index in [4.69, 9.17) is 0 Å². The zero-order chi connectivity index (χ0) is 45.7. The van der Waals surface area contributed by atoms with Crippen LogP contribution in [0, 0.1) is 0 Å². The predicted octanol–water partition coefficient (Wildman–Crippen LogP) is 14.3. The van der Waals surface area contributed by atoms with Crippen molar-refractivity contribution < 1.29 is 0 Å². The van der Waals surface area contributed by atoms with E-state index in [1.165, 1.54) is 97.7 Å². The van der Waals surface area contributed by atoms with Gasteiger partial charge in [-0.15, -0.1) is 0 Å². The van der Waals surface area contributed by atoms with E-state index in [1.807, 2.05) is 0 Å². The van der Waals surface area contributed by atoms with Crippen molar-refractivity contribution in [2.24, 2.45) is 0 Å². The lowest BCUT2D eigenvalue weighted by atomic mass is 9.92.